The second kappa shape index (κ2) is 5.83. The number of halogens is 1. The molecule has 19 heavy (non-hydrogen) atoms. The molecule has 3 N–H and O–H groups in total. The van der Waals surface area contributed by atoms with Gasteiger partial charge in [-0.3, -0.25) is 4.79 Å². The van der Waals surface area contributed by atoms with Crippen LogP contribution in [0.15, 0.2) is 18.2 Å². The van der Waals surface area contributed by atoms with E-state index in [1.807, 2.05) is 0 Å². The number of nitrogens with one attached hydrogen (secondary N) is 1. The molecule has 0 atom stereocenters. The Morgan fingerprint density at radius 2 is 2.05 bits per heavy atom. The molecule has 104 valence electrons. The average Bonchev–Trinajstić information content (AvgIpc) is 2.40. The highest BCUT2D eigenvalue weighted by atomic mass is 35.5. The summed E-state index contributed by atoms with van der Waals surface area (Å²) in [7, 11) is 0. The number of para-hydroxylation sites is 1. The Balaban J connectivity index is 1.99. The Kier molecular flexibility index (Phi) is 4.35. The van der Waals surface area contributed by atoms with Crippen LogP contribution in [0.1, 0.15) is 49.4 Å². The van der Waals surface area contributed by atoms with Crippen LogP contribution in [0.2, 0.25) is 5.02 Å². The fourth-order valence-electron chi connectivity index (χ4n) is 2.71. The van der Waals surface area contributed by atoms with E-state index in [-0.39, 0.29) is 11.3 Å². The van der Waals surface area contributed by atoms with Crippen LogP contribution in [0.3, 0.4) is 0 Å². The minimum Gasteiger partial charge on any atom is -0.397 e. The molecule has 1 aromatic carbocycles. The first-order chi connectivity index (χ1) is 9.02. The van der Waals surface area contributed by atoms with E-state index in [9.17, 15) is 4.79 Å². The maximum absolute atomic E-state index is 12.2. The highest BCUT2D eigenvalue weighted by Crippen LogP contribution is 2.35. The number of hydrogen-bond acceptors (Lipinski definition) is 2. The number of carbonyl (C=O) groups excluding carboxylic acids is 1. The third kappa shape index (κ3) is 3.41. The Bertz CT molecular complexity index is 467. The lowest BCUT2D eigenvalue weighted by Crippen LogP contribution is -2.37. The lowest BCUT2D eigenvalue weighted by atomic mass is 9.76. The molecule has 0 aromatic heterocycles. The minimum atomic E-state index is -0.133. The Hall–Kier alpha value is -1.22. The monoisotopic (exact) mass is 280 g/mol. The van der Waals surface area contributed by atoms with Gasteiger partial charge < -0.3 is 11.1 Å². The summed E-state index contributed by atoms with van der Waals surface area (Å²) >= 11 is 5.93. The third-order valence-electron chi connectivity index (χ3n) is 4.03. The molecule has 1 fully saturated rings. The molecule has 0 radical (unpaired) electrons. The summed E-state index contributed by atoms with van der Waals surface area (Å²) in [6, 6.07) is 5.14. The van der Waals surface area contributed by atoms with Crippen LogP contribution in [0.25, 0.3) is 0 Å². The zero-order chi connectivity index (χ0) is 13.9. The molecule has 4 heteroatoms. The van der Waals surface area contributed by atoms with Crippen LogP contribution in [0, 0.1) is 5.41 Å². The first-order valence-corrected chi connectivity index (χ1v) is 7.22. The van der Waals surface area contributed by atoms with Gasteiger partial charge in [0.25, 0.3) is 5.91 Å². The van der Waals surface area contributed by atoms with Gasteiger partial charge in [0.05, 0.1) is 16.3 Å². The smallest absolute Gasteiger partial charge is 0.253 e. The van der Waals surface area contributed by atoms with E-state index in [4.69, 9.17) is 17.3 Å². The number of hydrogen-bond donors (Lipinski definition) is 2. The number of anilines is 1. The van der Waals surface area contributed by atoms with Gasteiger partial charge in [-0.05, 0) is 30.4 Å². The molecule has 1 aromatic rings. The predicted molar refractivity (Wildman–Crippen MR) is 79.4 cm³/mol. The zero-order valence-electron chi connectivity index (χ0n) is 11.3. The standard InChI is InChI=1S/C15H21ClN2O/c1-15(8-3-2-4-9-15)10-18-14(19)11-6-5-7-12(16)13(11)17/h5-7H,2-4,8-10,17H2,1H3,(H,18,19). The molecule has 0 aliphatic heterocycles. The van der Waals surface area contributed by atoms with E-state index >= 15 is 0 Å². The Labute approximate surface area is 119 Å². The second-order valence-corrected chi connectivity index (χ2v) is 6.16. The zero-order valence-corrected chi connectivity index (χ0v) is 12.1. The number of nitrogens with two attached hydrogens (primary N) is 1. The molecule has 1 saturated carbocycles. The molecule has 0 saturated heterocycles. The summed E-state index contributed by atoms with van der Waals surface area (Å²) in [4.78, 5) is 12.2. The van der Waals surface area contributed by atoms with E-state index in [2.05, 4.69) is 12.2 Å². The van der Waals surface area contributed by atoms with Crippen molar-refractivity contribution in [1.29, 1.82) is 0 Å². The molecule has 1 aliphatic carbocycles. The summed E-state index contributed by atoms with van der Waals surface area (Å²) in [6.07, 6.45) is 6.18. The van der Waals surface area contributed by atoms with Gasteiger partial charge in [0.2, 0.25) is 0 Å². The second-order valence-electron chi connectivity index (χ2n) is 5.76. The number of amides is 1. The first-order valence-electron chi connectivity index (χ1n) is 6.84. The number of nitrogen functional groups attached to an aromatic ring is 1. The van der Waals surface area contributed by atoms with E-state index in [1.54, 1.807) is 18.2 Å². The summed E-state index contributed by atoms with van der Waals surface area (Å²) in [6.45, 7) is 2.95. The largest absolute Gasteiger partial charge is 0.397 e. The third-order valence-corrected chi connectivity index (χ3v) is 4.36. The minimum absolute atomic E-state index is 0.133. The molecule has 0 spiro atoms. The summed E-state index contributed by atoms with van der Waals surface area (Å²) in [5, 5.41) is 3.43. The van der Waals surface area contributed by atoms with Gasteiger partial charge in [-0.1, -0.05) is 43.9 Å². The number of rotatable bonds is 3. The van der Waals surface area contributed by atoms with Crippen molar-refractivity contribution in [2.75, 3.05) is 12.3 Å². The topological polar surface area (TPSA) is 55.1 Å². The maximum Gasteiger partial charge on any atom is 0.253 e. The van der Waals surface area contributed by atoms with Crippen molar-refractivity contribution in [3.63, 3.8) is 0 Å². The van der Waals surface area contributed by atoms with Crippen molar-refractivity contribution in [2.24, 2.45) is 5.41 Å². The predicted octanol–water partition coefficient (Wildman–Crippen LogP) is 3.62. The van der Waals surface area contributed by atoms with E-state index in [1.165, 1.54) is 32.1 Å². The maximum atomic E-state index is 12.2. The number of benzene rings is 1. The Morgan fingerprint density at radius 3 is 2.74 bits per heavy atom. The van der Waals surface area contributed by atoms with Crippen molar-refractivity contribution in [3.8, 4) is 0 Å². The highest BCUT2D eigenvalue weighted by Gasteiger charge is 2.27. The van der Waals surface area contributed by atoms with E-state index in [0.29, 0.717) is 22.8 Å². The van der Waals surface area contributed by atoms with Crippen LogP contribution in [0.4, 0.5) is 5.69 Å². The molecule has 1 amide bonds. The normalized spacial score (nSPS) is 18.0. The highest BCUT2D eigenvalue weighted by molar-refractivity contribution is 6.33. The molecule has 0 heterocycles. The van der Waals surface area contributed by atoms with E-state index in [0.717, 1.165) is 0 Å². The molecular formula is C15H21ClN2O. The van der Waals surface area contributed by atoms with Crippen molar-refractivity contribution in [3.05, 3.63) is 28.8 Å². The van der Waals surface area contributed by atoms with Gasteiger partial charge in [0.15, 0.2) is 0 Å². The number of carbonyl (C=O) groups is 1. The van der Waals surface area contributed by atoms with Gasteiger partial charge in [-0.2, -0.15) is 0 Å². The SMILES string of the molecule is CC1(CNC(=O)c2cccc(Cl)c2N)CCCCC1. The molecule has 0 unspecified atom stereocenters. The molecular weight excluding hydrogens is 260 g/mol. The van der Waals surface area contributed by atoms with Crippen molar-refractivity contribution >= 4 is 23.2 Å². The summed E-state index contributed by atoms with van der Waals surface area (Å²) in [5.41, 5.74) is 6.88. The summed E-state index contributed by atoms with van der Waals surface area (Å²) in [5.74, 6) is -0.133. The van der Waals surface area contributed by atoms with Gasteiger partial charge in [0, 0.05) is 6.54 Å². The fourth-order valence-corrected chi connectivity index (χ4v) is 2.88. The van der Waals surface area contributed by atoms with Crippen molar-refractivity contribution in [1.82, 2.24) is 5.32 Å². The van der Waals surface area contributed by atoms with E-state index < -0.39 is 0 Å². The lowest BCUT2D eigenvalue weighted by Gasteiger charge is -2.33. The fraction of sp³-hybridized carbons (Fsp3) is 0.533. The quantitative estimate of drug-likeness (QED) is 0.831. The van der Waals surface area contributed by atoms with Gasteiger partial charge >= 0.3 is 0 Å². The molecule has 1 aliphatic rings. The Morgan fingerprint density at radius 1 is 1.37 bits per heavy atom. The van der Waals surface area contributed by atoms with Gasteiger partial charge in [-0.15, -0.1) is 0 Å². The first kappa shape index (κ1) is 14.2. The van der Waals surface area contributed by atoms with Crippen LogP contribution >= 0.6 is 11.6 Å². The van der Waals surface area contributed by atoms with Crippen LogP contribution in [-0.4, -0.2) is 12.5 Å². The van der Waals surface area contributed by atoms with Crippen LogP contribution in [0.5, 0.6) is 0 Å². The van der Waals surface area contributed by atoms with Crippen molar-refractivity contribution < 1.29 is 4.79 Å². The van der Waals surface area contributed by atoms with Gasteiger partial charge in [0.1, 0.15) is 0 Å². The van der Waals surface area contributed by atoms with Crippen LogP contribution < -0.4 is 11.1 Å². The van der Waals surface area contributed by atoms with Gasteiger partial charge in [-0.25, -0.2) is 0 Å². The lowest BCUT2D eigenvalue weighted by molar-refractivity contribution is 0.0920. The summed E-state index contributed by atoms with van der Waals surface area (Å²) < 4.78 is 0. The average molecular weight is 281 g/mol. The molecule has 2 rings (SSSR count). The molecule has 3 nitrogen and oxygen atoms in total. The van der Waals surface area contributed by atoms with Crippen LogP contribution in [-0.2, 0) is 0 Å². The molecule has 0 bridgehead atoms. The van der Waals surface area contributed by atoms with Crippen molar-refractivity contribution in [2.45, 2.75) is 39.0 Å².